The second kappa shape index (κ2) is 6.94. The molecule has 1 saturated heterocycles. The summed E-state index contributed by atoms with van der Waals surface area (Å²) in [6.45, 7) is 3.62. The summed E-state index contributed by atoms with van der Waals surface area (Å²) in [4.78, 5) is 0. The average Bonchev–Trinajstić information content (AvgIpc) is 3.23. The molecule has 1 aliphatic heterocycles. The number of alkyl halides is 3. The smallest absolute Gasteiger partial charge is 0.377 e. The number of rotatable bonds is 5. The van der Waals surface area contributed by atoms with E-state index in [9.17, 15) is 13.2 Å². The molecular weight excluding hydrogens is 319 g/mol. The molecule has 0 saturated carbocycles. The molecule has 0 amide bonds. The Morgan fingerprint density at radius 3 is 2.62 bits per heavy atom. The Labute approximate surface area is 138 Å². The maximum absolute atomic E-state index is 12.6. The van der Waals surface area contributed by atoms with Gasteiger partial charge in [-0.2, -0.15) is 18.3 Å². The van der Waals surface area contributed by atoms with Crippen molar-refractivity contribution >= 4 is 0 Å². The third kappa shape index (κ3) is 3.96. The minimum Gasteiger partial charge on any atom is -0.377 e. The highest BCUT2D eigenvalue weighted by Crippen LogP contribution is 2.27. The number of nitrogens with zero attached hydrogens (tertiary/aromatic N) is 2. The topological polar surface area (TPSA) is 39.1 Å². The summed E-state index contributed by atoms with van der Waals surface area (Å²) in [7, 11) is 0. The summed E-state index contributed by atoms with van der Waals surface area (Å²) in [6.07, 6.45) is -0.666. The summed E-state index contributed by atoms with van der Waals surface area (Å²) in [5.41, 5.74) is 0.770. The minimum absolute atomic E-state index is 0.258. The van der Waals surface area contributed by atoms with E-state index in [4.69, 9.17) is 4.74 Å². The van der Waals surface area contributed by atoms with E-state index < -0.39 is 11.9 Å². The third-order valence-corrected chi connectivity index (χ3v) is 4.23. The molecule has 4 nitrogen and oxygen atoms in total. The predicted octanol–water partition coefficient (Wildman–Crippen LogP) is 3.55. The van der Waals surface area contributed by atoms with Gasteiger partial charge in [0.15, 0.2) is 5.69 Å². The Balaban J connectivity index is 1.60. The van der Waals surface area contributed by atoms with Crippen LogP contribution in [0.3, 0.4) is 0 Å². The Morgan fingerprint density at radius 1 is 1.29 bits per heavy atom. The molecule has 1 aromatic heterocycles. The van der Waals surface area contributed by atoms with E-state index in [1.165, 1.54) is 10.9 Å². The first-order chi connectivity index (χ1) is 11.4. The first kappa shape index (κ1) is 17.0. The fraction of sp³-hybridized carbons (Fsp3) is 0.471. The average molecular weight is 339 g/mol. The lowest BCUT2D eigenvalue weighted by atomic mass is 10.1. The van der Waals surface area contributed by atoms with Crippen molar-refractivity contribution < 1.29 is 17.9 Å². The van der Waals surface area contributed by atoms with E-state index in [1.807, 2.05) is 12.1 Å². The maximum Gasteiger partial charge on any atom is 0.435 e. The van der Waals surface area contributed by atoms with Gasteiger partial charge in [0.05, 0.1) is 11.8 Å². The van der Waals surface area contributed by atoms with Gasteiger partial charge in [-0.1, -0.05) is 12.1 Å². The zero-order chi connectivity index (χ0) is 17.2. The van der Waals surface area contributed by atoms with Crippen molar-refractivity contribution in [2.75, 3.05) is 6.61 Å². The molecule has 1 aromatic carbocycles. The quantitative estimate of drug-likeness (QED) is 0.905. The highest BCUT2D eigenvalue weighted by molar-refractivity contribution is 5.34. The highest BCUT2D eigenvalue weighted by Gasteiger charge is 2.33. The fourth-order valence-corrected chi connectivity index (χ4v) is 2.79. The van der Waals surface area contributed by atoms with Gasteiger partial charge < -0.3 is 10.1 Å². The van der Waals surface area contributed by atoms with Crippen LogP contribution in [-0.4, -0.2) is 28.5 Å². The van der Waals surface area contributed by atoms with Crippen LogP contribution in [-0.2, 0) is 17.5 Å². The summed E-state index contributed by atoms with van der Waals surface area (Å²) in [5, 5.41) is 7.00. The number of halogens is 3. The van der Waals surface area contributed by atoms with Crippen LogP contribution in [0.25, 0.3) is 5.69 Å². The molecule has 1 fully saturated rings. The summed E-state index contributed by atoms with van der Waals surface area (Å²) in [6, 6.07) is 8.55. The lowest BCUT2D eigenvalue weighted by Gasteiger charge is -2.20. The molecule has 0 aliphatic carbocycles. The Kier molecular flexibility index (Phi) is 4.91. The number of hydrogen-bond donors (Lipinski definition) is 1. The largest absolute Gasteiger partial charge is 0.435 e. The van der Waals surface area contributed by atoms with Gasteiger partial charge in [0.25, 0.3) is 0 Å². The van der Waals surface area contributed by atoms with E-state index >= 15 is 0 Å². The van der Waals surface area contributed by atoms with E-state index in [2.05, 4.69) is 17.3 Å². The molecule has 0 radical (unpaired) electrons. The number of nitrogens with one attached hydrogen (secondary N) is 1. The van der Waals surface area contributed by atoms with Gasteiger partial charge in [-0.25, -0.2) is 4.68 Å². The van der Waals surface area contributed by atoms with Crippen molar-refractivity contribution in [1.29, 1.82) is 0 Å². The van der Waals surface area contributed by atoms with Crippen molar-refractivity contribution in [1.82, 2.24) is 15.1 Å². The standard InChI is InChI=1S/C17H20F3N3O/c1-12(15-3-2-10-24-15)21-11-13-4-6-14(7-5-13)23-9-8-16(22-23)17(18,19)20/h4-9,12,15,21H,2-3,10-11H2,1H3. The molecule has 3 rings (SSSR count). The summed E-state index contributed by atoms with van der Waals surface area (Å²) < 4.78 is 44.6. The van der Waals surface area contributed by atoms with Gasteiger partial charge >= 0.3 is 6.18 Å². The minimum atomic E-state index is -4.42. The van der Waals surface area contributed by atoms with Crippen LogP contribution in [0.4, 0.5) is 13.2 Å². The Hall–Kier alpha value is -1.86. The van der Waals surface area contributed by atoms with Crippen LogP contribution in [0.1, 0.15) is 31.0 Å². The monoisotopic (exact) mass is 339 g/mol. The van der Waals surface area contributed by atoms with Gasteiger partial charge in [-0.3, -0.25) is 0 Å². The van der Waals surface area contributed by atoms with Crippen LogP contribution < -0.4 is 5.32 Å². The molecule has 0 spiro atoms. The van der Waals surface area contributed by atoms with Crippen molar-refractivity contribution in [3.63, 3.8) is 0 Å². The normalized spacial score (nSPS) is 19.6. The maximum atomic E-state index is 12.6. The van der Waals surface area contributed by atoms with Crippen LogP contribution in [0.15, 0.2) is 36.5 Å². The first-order valence-electron chi connectivity index (χ1n) is 8.00. The number of aromatic nitrogens is 2. The summed E-state index contributed by atoms with van der Waals surface area (Å²) >= 11 is 0. The number of ether oxygens (including phenoxy) is 1. The predicted molar refractivity (Wildman–Crippen MR) is 83.8 cm³/mol. The molecule has 1 N–H and O–H groups in total. The fourth-order valence-electron chi connectivity index (χ4n) is 2.79. The van der Waals surface area contributed by atoms with Gasteiger partial charge in [0, 0.05) is 25.4 Å². The molecule has 2 aromatic rings. The molecular formula is C17H20F3N3O. The molecule has 130 valence electrons. The Morgan fingerprint density at radius 2 is 2.04 bits per heavy atom. The van der Waals surface area contributed by atoms with Crippen LogP contribution in [0, 0.1) is 0 Å². The first-order valence-corrected chi connectivity index (χ1v) is 8.00. The molecule has 7 heteroatoms. The van der Waals surface area contributed by atoms with Crippen LogP contribution in [0.2, 0.25) is 0 Å². The molecule has 0 bridgehead atoms. The van der Waals surface area contributed by atoms with Crippen LogP contribution >= 0.6 is 0 Å². The zero-order valence-electron chi connectivity index (χ0n) is 13.4. The van der Waals surface area contributed by atoms with E-state index in [0.717, 1.165) is 31.1 Å². The van der Waals surface area contributed by atoms with Crippen molar-refractivity contribution in [3.05, 3.63) is 47.8 Å². The zero-order valence-corrected chi connectivity index (χ0v) is 13.4. The summed E-state index contributed by atoms with van der Waals surface area (Å²) in [5.74, 6) is 0. The highest BCUT2D eigenvalue weighted by atomic mass is 19.4. The second-order valence-corrected chi connectivity index (χ2v) is 6.03. The second-order valence-electron chi connectivity index (χ2n) is 6.03. The van der Waals surface area contributed by atoms with Gasteiger partial charge in [-0.15, -0.1) is 0 Å². The van der Waals surface area contributed by atoms with Gasteiger partial charge in [0.2, 0.25) is 0 Å². The van der Waals surface area contributed by atoms with E-state index in [0.29, 0.717) is 12.2 Å². The lowest BCUT2D eigenvalue weighted by molar-refractivity contribution is -0.141. The van der Waals surface area contributed by atoms with Gasteiger partial charge in [0.1, 0.15) is 0 Å². The molecule has 24 heavy (non-hydrogen) atoms. The van der Waals surface area contributed by atoms with Gasteiger partial charge in [-0.05, 0) is 43.5 Å². The van der Waals surface area contributed by atoms with Crippen molar-refractivity contribution in [2.45, 2.75) is 44.6 Å². The Bertz CT molecular complexity index is 660. The van der Waals surface area contributed by atoms with Crippen LogP contribution in [0.5, 0.6) is 0 Å². The van der Waals surface area contributed by atoms with E-state index in [-0.39, 0.29) is 12.1 Å². The van der Waals surface area contributed by atoms with E-state index in [1.54, 1.807) is 12.1 Å². The van der Waals surface area contributed by atoms with Crippen molar-refractivity contribution in [3.8, 4) is 5.69 Å². The molecule has 2 atom stereocenters. The van der Waals surface area contributed by atoms with Crippen molar-refractivity contribution in [2.24, 2.45) is 0 Å². The lowest BCUT2D eigenvalue weighted by Crippen LogP contribution is -2.36. The molecule has 1 aliphatic rings. The third-order valence-electron chi connectivity index (χ3n) is 4.23. The SMILES string of the molecule is CC(NCc1ccc(-n2ccc(C(F)(F)F)n2)cc1)C1CCCO1. The molecule has 2 heterocycles. The number of benzene rings is 1. The molecule has 2 unspecified atom stereocenters. The number of hydrogen-bond acceptors (Lipinski definition) is 3.